The molecule has 1 atom stereocenters. The van der Waals surface area contributed by atoms with Gasteiger partial charge in [-0.2, -0.15) is 0 Å². The number of carbonyl (C=O) groups excluding carboxylic acids is 1. The third-order valence-corrected chi connectivity index (χ3v) is 4.83. The van der Waals surface area contributed by atoms with Gasteiger partial charge in [0.05, 0.1) is 25.2 Å². The van der Waals surface area contributed by atoms with E-state index in [-0.39, 0.29) is 12.0 Å². The lowest BCUT2D eigenvalue weighted by Crippen LogP contribution is -2.46. The smallest absolute Gasteiger partial charge is 0.274 e. The van der Waals surface area contributed by atoms with E-state index in [0.717, 1.165) is 37.4 Å². The van der Waals surface area contributed by atoms with Gasteiger partial charge in [-0.05, 0) is 17.7 Å². The average molecular weight is 347 g/mol. The molecule has 2 aliphatic rings. The largest absolute Gasteiger partial charge is 0.365 e. The summed E-state index contributed by atoms with van der Waals surface area (Å²) in [7, 11) is 0. The lowest BCUT2D eigenvalue weighted by molar-refractivity contribution is 0.00232. The molecule has 0 unspecified atom stereocenters. The Kier molecular flexibility index (Phi) is 4.26. The van der Waals surface area contributed by atoms with Crippen LogP contribution in [-0.2, 0) is 17.9 Å². The Labute approximate surface area is 145 Å². The molecule has 0 bridgehead atoms. The summed E-state index contributed by atoms with van der Waals surface area (Å²) in [5.41, 5.74) is 2.46. The van der Waals surface area contributed by atoms with Crippen LogP contribution in [0.1, 0.15) is 27.8 Å². The average Bonchev–Trinajstić information content (AvgIpc) is 3.05. The van der Waals surface area contributed by atoms with Crippen molar-refractivity contribution in [2.45, 2.75) is 19.3 Å². The lowest BCUT2D eigenvalue weighted by atomic mass is 10.1. The number of halogens is 1. The van der Waals surface area contributed by atoms with E-state index in [9.17, 15) is 4.79 Å². The number of aromatic nitrogens is 2. The summed E-state index contributed by atoms with van der Waals surface area (Å²) in [5, 5.41) is 3.96. The van der Waals surface area contributed by atoms with Crippen LogP contribution in [-0.4, -0.2) is 46.5 Å². The van der Waals surface area contributed by atoms with Gasteiger partial charge in [-0.15, -0.1) is 0 Å². The van der Waals surface area contributed by atoms with Crippen molar-refractivity contribution in [1.29, 1.82) is 0 Å². The topological polar surface area (TPSA) is 59.4 Å². The fraction of sp³-hybridized carbons (Fsp3) is 0.412. The maximum Gasteiger partial charge on any atom is 0.274 e. The molecule has 1 N–H and O–H groups in total. The van der Waals surface area contributed by atoms with E-state index in [1.54, 1.807) is 6.33 Å². The molecule has 1 saturated heterocycles. The van der Waals surface area contributed by atoms with E-state index in [4.69, 9.17) is 16.3 Å². The van der Waals surface area contributed by atoms with Crippen LogP contribution in [0.4, 0.5) is 0 Å². The second kappa shape index (κ2) is 6.55. The highest BCUT2D eigenvalue weighted by atomic mass is 35.5. The lowest BCUT2D eigenvalue weighted by Gasteiger charge is -2.28. The summed E-state index contributed by atoms with van der Waals surface area (Å²) in [6.45, 7) is 4.14. The van der Waals surface area contributed by atoms with Crippen LogP contribution in [0.2, 0.25) is 5.02 Å². The number of benzene rings is 1. The van der Waals surface area contributed by atoms with Crippen LogP contribution in [0.5, 0.6) is 0 Å². The number of fused-ring (bicyclic) bond motifs is 1. The van der Waals surface area contributed by atoms with E-state index in [0.29, 0.717) is 23.9 Å². The standard InChI is InChI=1S/C17H19ClN4O2/c18-13-3-1-12(2-4-13)15-9-22-11-20-16(14(22)10-24-15)17(23)21-7-5-19-6-8-21/h1-4,11,15,19H,5-10H2/t15-/m0/s1. The number of hydrogen-bond donors (Lipinski definition) is 1. The first kappa shape index (κ1) is 15.6. The third kappa shape index (κ3) is 2.92. The Hall–Kier alpha value is -1.89. The number of carbonyl (C=O) groups is 1. The normalized spacial score (nSPS) is 20.7. The maximum atomic E-state index is 12.7. The van der Waals surface area contributed by atoms with Gasteiger partial charge in [0.1, 0.15) is 6.10 Å². The molecule has 7 heteroatoms. The number of hydrogen-bond acceptors (Lipinski definition) is 4. The molecule has 2 aromatic rings. The minimum absolute atomic E-state index is 0.00112. The molecule has 1 fully saturated rings. The van der Waals surface area contributed by atoms with Gasteiger partial charge >= 0.3 is 0 Å². The van der Waals surface area contributed by atoms with E-state index < -0.39 is 0 Å². The molecule has 0 spiro atoms. The molecule has 1 aromatic heterocycles. The minimum atomic E-state index is -0.0499. The fourth-order valence-corrected chi connectivity index (χ4v) is 3.33. The molecule has 24 heavy (non-hydrogen) atoms. The van der Waals surface area contributed by atoms with Gasteiger partial charge in [0, 0.05) is 31.2 Å². The zero-order valence-electron chi connectivity index (χ0n) is 13.2. The van der Waals surface area contributed by atoms with E-state index in [1.165, 1.54) is 0 Å². The van der Waals surface area contributed by atoms with Crippen molar-refractivity contribution in [3.05, 3.63) is 52.6 Å². The Morgan fingerprint density at radius 1 is 1.25 bits per heavy atom. The number of ether oxygens (including phenoxy) is 1. The van der Waals surface area contributed by atoms with Crippen LogP contribution < -0.4 is 5.32 Å². The first-order valence-electron chi connectivity index (χ1n) is 8.13. The predicted molar refractivity (Wildman–Crippen MR) is 90.0 cm³/mol. The van der Waals surface area contributed by atoms with E-state index in [2.05, 4.69) is 10.3 Å². The molecule has 126 valence electrons. The Bertz CT molecular complexity index is 738. The highest BCUT2D eigenvalue weighted by molar-refractivity contribution is 6.30. The molecule has 1 amide bonds. The number of rotatable bonds is 2. The molecule has 1 aromatic carbocycles. The molecular formula is C17H19ClN4O2. The van der Waals surface area contributed by atoms with Gasteiger partial charge < -0.3 is 19.5 Å². The summed E-state index contributed by atoms with van der Waals surface area (Å²) < 4.78 is 8.01. The van der Waals surface area contributed by atoms with Crippen molar-refractivity contribution in [3.8, 4) is 0 Å². The zero-order valence-corrected chi connectivity index (χ0v) is 14.0. The number of imidazole rings is 1. The number of piperazine rings is 1. The van der Waals surface area contributed by atoms with Crippen LogP contribution >= 0.6 is 11.6 Å². The van der Waals surface area contributed by atoms with Crippen molar-refractivity contribution in [3.63, 3.8) is 0 Å². The molecule has 3 heterocycles. The zero-order chi connectivity index (χ0) is 16.5. The van der Waals surface area contributed by atoms with Gasteiger partial charge in [0.2, 0.25) is 0 Å². The Morgan fingerprint density at radius 2 is 2.00 bits per heavy atom. The van der Waals surface area contributed by atoms with Crippen LogP contribution in [0.25, 0.3) is 0 Å². The van der Waals surface area contributed by atoms with Crippen LogP contribution in [0.15, 0.2) is 30.6 Å². The van der Waals surface area contributed by atoms with Gasteiger partial charge in [0.25, 0.3) is 5.91 Å². The monoisotopic (exact) mass is 346 g/mol. The van der Waals surface area contributed by atoms with Gasteiger partial charge in [-0.1, -0.05) is 23.7 Å². The van der Waals surface area contributed by atoms with E-state index in [1.807, 2.05) is 33.7 Å². The van der Waals surface area contributed by atoms with Gasteiger partial charge in [0.15, 0.2) is 5.69 Å². The molecule has 2 aliphatic heterocycles. The van der Waals surface area contributed by atoms with Crippen molar-refractivity contribution in [1.82, 2.24) is 19.8 Å². The van der Waals surface area contributed by atoms with E-state index >= 15 is 0 Å². The second-order valence-electron chi connectivity index (χ2n) is 6.09. The predicted octanol–water partition coefficient (Wildman–Crippen LogP) is 1.85. The first-order chi connectivity index (χ1) is 11.7. The Balaban J connectivity index is 1.53. The van der Waals surface area contributed by atoms with Crippen molar-refractivity contribution < 1.29 is 9.53 Å². The Morgan fingerprint density at radius 3 is 2.75 bits per heavy atom. The van der Waals surface area contributed by atoms with Gasteiger partial charge in [-0.3, -0.25) is 4.79 Å². The fourth-order valence-electron chi connectivity index (χ4n) is 3.20. The van der Waals surface area contributed by atoms with Crippen LogP contribution in [0, 0.1) is 0 Å². The highest BCUT2D eigenvalue weighted by Gasteiger charge is 2.29. The van der Waals surface area contributed by atoms with Crippen molar-refractivity contribution >= 4 is 17.5 Å². The summed E-state index contributed by atoms with van der Waals surface area (Å²) in [6.07, 6.45) is 1.70. The summed E-state index contributed by atoms with van der Waals surface area (Å²) >= 11 is 5.94. The maximum absolute atomic E-state index is 12.7. The molecule has 4 rings (SSSR count). The SMILES string of the molecule is O=C(c1ncn2c1CO[C@H](c1ccc(Cl)cc1)C2)N1CCNCC1. The summed E-state index contributed by atoms with van der Waals surface area (Å²) in [4.78, 5) is 18.9. The quantitative estimate of drug-likeness (QED) is 0.901. The third-order valence-electron chi connectivity index (χ3n) is 4.58. The second-order valence-corrected chi connectivity index (χ2v) is 6.52. The summed E-state index contributed by atoms with van der Waals surface area (Å²) in [6, 6.07) is 7.68. The summed E-state index contributed by atoms with van der Waals surface area (Å²) in [5.74, 6) is -0.00112. The molecular weight excluding hydrogens is 328 g/mol. The first-order valence-corrected chi connectivity index (χ1v) is 8.51. The minimum Gasteiger partial charge on any atom is -0.365 e. The molecule has 0 saturated carbocycles. The number of nitrogens with one attached hydrogen (secondary N) is 1. The van der Waals surface area contributed by atoms with Gasteiger partial charge in [-0.25, -0.2) is 4.98 Å². The van der Waals surface area contributed by atoms with Crippen molar-refractivity contribution in [2.24, 2.45) is 0 Å². The van der Waals surface area contributed by atoms with Crippen molar-refractivity contribution in [2.75, 3.05) is 26.2 Å². The molecule has 0 aliphatic carbocycles. The number of nitrogens with zero attached hydrogens (tertiary/aromatic N) is 3. The highest BCUT2D eigenvalue weighted by Crippen LogP contribution is 2.28. The molecule has 6 nitrogen and oxygen atoms in total. The van der Waals surface area contributed by atoms with Crippen LogP contribution in [0.3, 0.4) is 0 Å². The number of amides is 1. The molecule has 0 radical (unpaired) electrons.